The highest BCUT2D eigenvalue weighted by Crippen LogP contribution is 2.24. The van der Waals surface area contributed by atoms with Gasteiger partial charge in [-0.15, -0.1) is 0 Å². The van der Waals surface area contributed by atoms with Crippen LogP contribution in [0, 0.1) is 11.8 Å². The largest absolute Gasteiger partial charge is 0.481 e. The third-order valence-electron chi connectivity index (χ3n) is 4.88. The number of hydrogen-bond acceptors (Lipinski definition) is 5. The maximum absolute atomic E-state index is 12.6. The molecule has 3 N–H and O–H groups in total. The van der Waals surface area contributed by atoms with Crippen molar-refractivity contribution in [3.8, 4) is 0 Å². The van der Waals surface area contributed by atoms with Crippen molar-refractivity contribution in [3.05, 3.63) is 47.5 Å². The summed E-state index contributed by atoms with van der Waals surface area (Å²) in [6.45, 7) is 3.94. The molecule has 144 valence electrons. The Labute approximate surface area is 158 Å². The maximum Gasteiger partial charge on any atom is 0.307 e. The van der Waals surface area contributed by atoms with E-state index in [-0.39, 0.29) is 11.8 Å². The first-order chi connectivity index (χ1) is 13.0. The first-order valence-corrected chi connectivity index (χ1v) is 9.20. The van der Waals surface area contributed by atoms with Gasteiger partial charge in [0.2, 0.25) is 5.91 Å². The number of carboxylic acid groups (broad SMARTS) is 1. The number of aliphatic carboxylic acids is 1. The number of pyridine rings is 1. The molecule has 1 fully saturated rings. The molecular formula is C19H25N5O3. The summed E-state index contributed by atoms with van der Waals surface area (Å²) in [7, 11) is 0. The first kappa shape index (κ1) is 19.0. The van der Waals surface area contributed by atoms with E-state index in [1.807, 2.05) is 30.0 Å². The second-order valence-electron chi connectivity index (χ2n) is 6.98. The molecule has 0 bridgehead atoms. The van der Waals surface area contributed by atoms with Crippen LogP contribution in [0.3, 0.4) is 0 Å². The number of aromatic nitrogens is 3. The van der Waals surface area contributed by atoms with Crippen LogP contribution in [-0.2, 0) is 29.1 Å². The zero-order valence-electron chi connectivity index (χ0n) is 15.4. The van der Waals surface area contributed by atoms with Crippen molar-refractivity contribution in [3.63, 3.8) is 0 Å². The van der Waals surface area contributed by atoms with Crippen molar-refractivity contribution in [2.24, 2.45) is 11.8 Å². The molecule has 8 nitrogen and oxygen atoms in total. The fraction of sp³-hybridized carbons (Fsp3) is 0.474. The van der Waals surface area contributed by atoms with Gasteiger partial charge in [-0.2, -0.15) is 5.10 Å². The smallest absolute Gasteiger partial charge is 0.307 e. The van der Waals surface area contributed by atoms with E-state index in [0.717, 1.165) is 23.4 Å². The number of rotatable bonds is 7. The predicted octanol–water partition coefficient (Wildman–Crippen LogP) is 1.21. The zero-order chi connectivity index (χ0) is 19.2. The van der Waals surface area contributed by atoms with Gasteiger partial charge in [0, 0.05) is 44.3 Å². The van der Waals surface area contributed by atoms with E-state index in [1.165, 1.54) is 0 Å². The third kappa shape index (κ3) is 5.13. The Hall–Kier alpha value is -2.74. The normalized spacial score (nSPS) is 20.3. The number of nitrogens with zero attached hydrogens (tertiary/aromatic N) is 3. The van der Waals surface area contributed by atoms with Crippen LogP contribution in [0.2, 0.25) is 0 Å². The molecule has 2 aromatic heterocycles. The minimum Gasteiger partial charge on any atom is -0.481 e. The number of nitrogens with one attached hydrogen (secondary N) is 2. The van der Waals surface area contributed by atoms with Gasteiger partial charge in [0.25, 0.3) is 0 Å². The van der Waals surface area contributed by atoms with Crippen molar-refractivity contribution >= 4 is 11.9 Å². The third-order valence-corrected chi connectivity index (χ3v) is 4.88. The van der Waals surface area contributed by atoms with Gasteiger partial charge < -0.3 is 10.4 Å². The molecule has 2 aromatic rings. The molecule has 2 atom stereocenters. The SMILES string of the molecule is CCc1cc(CN2C[C@@H](C(=O)O)C[C@@H](C(=O)NCc3cccnc3)C2)[nH]n1. The molecule has 1 aliphatic rings. The van der Waals surface area contributed by atoms with Crippen molar-refractivity contribution in [1.29, 1.82) is 0 Å². The highest BCUT2D eigenvalue weighted by atomic mass is 16.4. The van der Waals surface area contributed by atoms with Crippen LogP contribution in [0.15, 0.2) is 30.6 Å². The van der Waals surface area contributed by atoms with Crippen LogP contribution in [0.5, 0.6) is 0 Å². The van der Waals surface area contributed by atoms with Gasteiger partial charge in [0.15, 0.2) is 0 Å². The summed E-state index contributed by atoms with van der Waals surface area (Å²) in [6, 6.07) is 5.70. The van der Waals surface area contributed by atoms with E-state index >= 15 is 0 Å². The highest BCUT2D eigenvalue weighted by Gasteiger charge is 2.35. The fourth-order valence-electron chi connectivity index (χ4n) is 3.44. The monoisotopic (exact) mass is 371 g/mol. The highest BCUT2D eigenvalue weighted by molar-refractivity contribution is 5.80. The molecule has 1 saturated heterocycles. The zero-order valence-corrected chi connectivity index (χ0v) is 15.4. The average Bonchev–Trinajstić information content (AvgIpc) is 3.14. The number of carboxylic acids is 1. The van der Waals surface area contributed by atoms with Crippen molar-refractivity contribution in [2.45, 2.75) is 32.9 Å². The molecule has 0 saturated carbocycles. The minimum absolute atomic E-state index is 0.117. The van der Waals surface area contributed by atoms with Crippen LogP contribution in [0.1, 0.15) is 30.3 Å². The first-order valence-electron chi connectivity index (χ1n) is 9.20. The number of carbonyl (C=O) groups is 2. The van der Waals surface area contributed by atoms with Gasteiger partial charge in [0.05, 0.1) is 17.5 Å². The van der Waals surface area contributed by atoms with Crippen LogP contribution >= 0.6 is 0 Å². The topological polar surface area (TPSA) is 111 Å². The van der Waals surface area contributed by atoms with Crippen molar-refractivity contribution < 1.29 is 14.7 Å². The molecule has 0 unspecified atom stereocenters. The number of H-pyrrole nitrogens is 1. The van der Waals surface area contributed by atoms with Crippen LogP contribution in [0.4, 0.5) is 0 Å². The summed E-state index contributed by atoms with van der Waals surface area (Å²) < 4.78 is 0. The second-order valence-corrected chi connectivity index (χ2v) is 6.98. The Morgan fingerprint density at radius 2 is 2.19 bits per heavy atom. The lowest BCUT2D eigenvalue weighted by molar-refractivity contribution is -0.145. The Morgan fingerprint density at radius 1 is 1.37 bits per heavy atom. The molecule has 0 aromatic carbocycles. The van der Waals surface area contributed by atoms with Gasteiger partial charge >= 0.3 is 5.97 Å². The van der Waals surface area contributed by atoms with Crippen molar-refractivity contribution in [2.75, 3.05) is 13.1 Å². The average molecular weight is 371 g/mol. The van der Waals surface area contributed by atoms with Crippen LogP contribution in [0.25, 0.3) is 0 Å². The molecule has 1 aliphatic heterocycles. The molecule has 27 heavy (non-hydrogen) atoms. The van der Waals surface area contributed by atoms with E-state index < -0.39 is 11.9 Å². The summed E-state index contributed by atoms with van der Waals surface area (Å²) in [5.74, 6) is -1.89. The number of amides is 1. The number of likely N-dealkylation sites (tertiary alicyclic amines) is 1. The summed E-state index contributed by atoms with van der Waals surface area (Å²) in [5.41, 5.74) is 2.83. The standard InChI is InChI=1S/C19H25N5O3/c1-2-16-7-17(23-22-16)12-24-10-14(6-15(11-24)19(26)27)18(25)21-9-13-4-3-5-20-8-13/h3-5,7-8,14-15H,2,6,9-12H2,1H3,(H,21,25)(H,22,23)(H,26,27)/t14-,15+/m1/s1. The number of aromatic amines is 1. The van der Waals surface area contributed by atoms with Gasteiger partial charge in [0.1, 0.15) is 0 Å². The summed E-state index contributed by atoms with van der Waals surface area (Å²) in [6.07, 6.45) is 4.58. The molecule has 1 amide bonds. The predicted molar refractivity (Wildman–Crippen MR) is 98.6 cm³/mol. The lowest BCUT2D eigenvalue weighted by atomic mass is 9.88. The molecule has 3 heterocycles. The number of piperidine rings is 1. The number of carbonyl (C=O) groups excluding carboxylic acids is 1. The molecule has 3 rings (SSSR count). The summed E-state index contributed by atoms with van der Waals surface area (Å²) in [4.78, 5) is 30.2. The van der Waals surface area contributed by atoms with E-state index in [9.17, 15) is 14.7 Å². The van der Waals surface area contributed by atoms with Crippen molar-refractivity contribution in [1.82, 2.24) is 25.4 Å². The van der Waals surface area contributed by atoms with Gasteiger partial charge in [-0.25, -0.2) is 0 Å². The summed E-state index contributed by atoms with van der Waals surface area (Å²) in [5, 5.41) is 19.6. The molecule has 0 aliphatic carbocycles. The van der Waals surface area contributed by atoms with Gasteiger partial charge in [-0.3, -0.25) is 24.6 Å². The van der Waals surface area contributed by atoms with Gasteiger partial charge in [-0.1, -0.05) is 13.0 Å². The van der Waals surface area contributed by atoms with E-state index in [0.29, 0.717) is 32.6 Å². The van der Waals surface area contributed by atoms with Crippen LogP contribution < -0.4 is 5.32 Å². The molecule has 8 heteroatoms. The summed E-state index contributed by atoms with van der Waals surface area (Å²) >= 11 is 0. The maximum atomic E-state index is 12.6. The Balaban J connectivity index is 1.62. The molecule has 0 spiro atoms. The minimum atomic E-state index is -0.858. The fourth-order valence-corrected chi connectivity index (χ4v) is 3.44. The lowest BCUT2D eigenvalue weighted by Gasteiger charge is -2.35. The van der Waals surface area contributed by atoms with E-state index in [4.69, 9.17) is 0 Å². The second kappa shape index (κ2) is 8.77. The molecular weight excluding hydrogens is 346 g/mol. The Kier molecular flexibility index (Phi) is 6.18. The quantitative estimate of drug-likeness (QED) is 0.674. The lowest BCUT2D eigenvalue weighted by Crippen LogP contribution is -2.47. The number of aryl methyl sites for hydroxylation is 1. The van der Waals surface area contributed by atoms with E-state index in [1.54, 1.807) is 12.4 Å². The van der Waals surface area contributed by atoms with Crippen LogP contribution in [-0.4, -0.2) is 50.2 Å². The molecule has 0 radical (unpaired) electrons. The van der Waals surface area contributed by atoms with E-state index in [2.05, 4.69) is 20.5 Å². The Bertz CT molecular complexity index is 777. The Morgan fingerprint density at radius 3 is 2.85 bits per heavy atom. The van der Waals surface area contributed by atoms with Gasteiger partial charge in [-0.05, 0) is 30.5 Å². The number of hydrogen-bond donors (Lipinski definition) is 3.